The number of nitrogens with one attached hydrogen (secondary N) is 2. The van der Waals surface area contributed by atoms with Crippen LogP contribution in [-0.4, -0.2) is 18.1 Å². The van der Waals surface area contributed by atoms with Crippen molar-refractivity contribution in [3.8, 4) is 5.75 Å². The minimum Gasteiger partial charge on any atom is -0.495 e. The van der Waals surface area contributed by atoms with Gasteiger partial charge in [0.15, 0.2) is 5.11 Å². The number of methoxy groups -OCH3 is 1. The highest BCUT2D eigenvalue weighted by Gasteiger charge is 2.14. The van der Waals surface area contributed by atoms with Crippen molar-refractivity contribution in [1.29, 1.82) is 0 Å². The lowest BCUT2D eigenvalue weighted by Gasteiger charge is -2.13. The molecule has 7 heteroatoms. The maximum absolute atomic E-state index is 12.3. The quantitative estimate of drug-likeness (QED) is 0.401. The Morgan fingerprint density at radius 2 is 1.79 bits per heavy atom. The minimum absolute atomic E-state index is 0.168. The van der Waals surface area contributed by atoms with Gasteiger partial charge in [0.1, 0.15) is 16.9 Å². The molecule has 5 nitrogen and oxygen atoms in total. The molecule has 4 aromatic rings. The smallest absolute Gasteiger partial charge is 0.257 e. The monoisotopic (exact) mass is 454 g/mol. The molecule has 1 heterocycles. The first-order chi connectivity index (χ1) is 13.5. The molecule has 0 spiro atoms. The van der Waals surface area contributed by atoms with E-state index in [4.69, 9.17) is 21.4 Å². The number of carbonyl (C=O) groups is 1. The zero-order valence-electron chi connectivity index (χ0n) is 14.8. The van der Waals surface area contributed by atoms with Gasteiger partial charge in [-0.05, 0) is 48.6 Å². The highest BCUT2D eigenvalue weighted by atomic mass is 79.9. The average molecular weight is 455 g/mol. The Balaban J connectivity index is 1.59. The Hall–Kier alpha value is -2.90. The number of rotatable bonds is 3. The van der Waals surface area contributed by atoms with Crippen LogP contribution in [0.25, 0.3) is 21.9 Å². The summed E-state index contributed by atoms with van der Waals surface area (Å²) in [5.41, 5.74) is 2.61. The number of thiocarbonyl (C=S) groups is 1. The number of anilines is 1. The molecule has 0 bridgehead atoms. The number of hydrogen-bond acceptors (Lipinski definition) is 4. The minimum atomic E-state index is -0.297. The molecule has 0 radical (unpaired) electrons. The first-order valence-electron chi connectivity index (χ1n) is 8.42. The van der Waals surface area contributed by atoms with Gasteiger partial charge in [-0.3, -0.25) is 10.1 Å². The van der Waals surface area contributed by atoms with Crippen LogP contribution in [0.4, 0.5) is 5.69 Å². The summed E-state index contributed by atoms with van der Waals surface area (Å²) in [6, 6.07) is 18.5. The first kappa shape index (κ1) is 18.5. The Bertz CT molecular complexity index is 1200. The predicted molar refractivity (Wildman–Crippen MR) is 118 cm³/mol. The summed E-state index contributed by atoms with van der Waals surface area (Å²) >= 11 is 8.64. The van der Waals surface area contributed by atoms with Crippen LogP contribution >= 0.6 is 28.1 Å². The molecule has 0 saturated heterocycles. The lowest BCUT2D eigenvalue weighted by atomic mass is 10.1. The highest BCUT2D eigenvalue weighted by molar-refractivity contribution is 9.10. The molecule has 1 amide bonds. The molecule has 0 saturated carbocycles. The second kappa shape index (κ2) is 7.61. The molecule has 0 unspecified atom stereocenters. The van der Waals surface area contributed by atoms with Gasteiger partial charge >= 0.3 is 0 Å². The third-order valence-corrected chi connectivity index (χ3v) is 5.01. The summed E-state index contributed by atoms with van der Waals surface area (Å²) in [6.07, 6.45) is 0. The van der Waals surface area contributed by atoms with E-state index in [0.717, 1.165) is 20.8 Å². The normalized spacial score (nSPS) is 10.8. The fourth-order valence-electron chi connectivity index (χ4n) is 2.95. The molecule has 0 atom stereocenters. The summed E-state index contributed by atoms with van der Waals surface area (Å²) in [4.78, 5) is 12.3. The van der Waals surface area contributed by atoms with Crippen molar-refractivity contribution in [3.05, 3.63) is 70.7 Å². The van der Waals surface area contributed by atoms with E-state index in [0.29, 0.717) is 22.6 Å². The maximum atomic E-state index is 12.3. The van der Waals surface area contributed by atoms with E-state index in [9.17, 15) is 4.79 Å². The number of furan rings is 1. The van der Waals surface area contributed by atoms with Crippen molar-refractivity contribution in [2.75, 3.05) is 12.4 Å². The Labute approximate surface area is 174 Å². The Kier molecular flexibility index (Phi) is 5.02. The Morgan fingerprint density at radius 1 is 1.04 bits per heavy atom. The fourth-order valence-corrected chi connectivity index (χ4v) is 3.42. The lowest BCUT2D eigenvalue weighted by molar-refractivity contribution is 0.0977. The van der Waals surface area contributed by atoms with Crippen LogP contribution in [0.1, 0.15) is 10.4 Å². The van der Waals surface area contributed by atoms with E-state index in [1.807, 2.05) is 36.4 Å². The van der Waals surface area contributed by atoms with Crippen molar-refractivity contribution in [2.45, 2.75) is 0 Å². The van der Waals surface area contributed by atoms with Gasteiger partial charge in [-0.25, -0.2) is 0 Å². The van der Waals surface area contributed by atoms with E-state index >= 15 is 0 Å². The molecule has 0 fully saturated rings. The molecule has 0 aliphatic heterocycles. The SMILES string of the molecule is COc1cc2c(cc1NC(=S)NC(=O)c1ccc(Br)cc1)oc1ccccc12. The van der Waals surface area contributed by atoms with Gasteiger partial charge < -0.3 is 14.5 Å². The molecule has 1 aromatic heterocycles. The Morgan fingerprint density at radius 3 is 2.54 bits per heavy atom. The molecular formula is C21H15BrN2O3S. The predicted octanol–water partition coefficient (Wildman–Crippen LogP) is 5.48. The molecule has 0 aliphatic rings. The summed E-state index contributed by atoms with van der Waals surface area (Å²) < 4.78 is 12.3. The van der Waals surface area contributed by atoms with E-state index in [-0.39, 0.29) is 11.0 Å². The number of hydrogen-bond donors (Lipinski definition) is 2. The number of carbonyl (C=O) groups excluding carboxylic acids is 1. The number of ether oxygens (including phenoxy) is 1. The zero-order chi connectivity index (χ0) is 19.7. The topological polar surface area (TPSA) is 63.5 Å². The zero-order valence-corrected chi connectivity index (χ0v) is 17.2. The van der Waals surface area contributed by atoms with Crippen molar-refractivity contribution < 1.29 is 13.9 Å². The molecule has 140 valence electrons. The fraction of sp³-hybridized carbons (Fsp3) is 0.0476. The molecule has 2 N–H and O–H groups in total. The van der Waals surface area contributed by atoms with Gasteiger partial charge in [0, 0.05) is 26.9 Å². The third kappa shape index (κ3) is 3.58. The number of amides is 1. The number of para-hydroxylation sites is 1. The summed E-state index contributed by atoms with van der Waals surface area (Å²) in [7, 11) is 1.58. The van der Waals surface area contributed by atoms with Crippen LogP contribution in [0, 0.1) is 0 Å². The second-order valence-electron chi connectivity index (χ2n) is 6.06. The number of benzene rings is 3. The maximum Gasteiger partial charge on any atom is 0.257 e. The van der Waals surface area contributed by atoms with Crippen LogP contribution in [-0.2, 0) is 0 Å². The van der Waals surface area contributed by atoms with Crippen molar-refractivity contribution in [2.24, 2.45) is 0 Å². The molecular weight excluding hydrogens is 440 g/mol. The van der Waals surface area contributed by atoms with Gasteiger partial charge in [0.05, 0.1) is 12.8 Å². The van der Waals surface area contributed by atoms with Gasteiger partial charge in [-0.15, -0.1) is 0 Å². The van der Waals surface area contributed by atoms with E-state index < -0.39 is 0 Å². The number of fused-ring (bicyclic) bond motifs is 3. The van der Waals surface area contributed by atoms with Crippen LogP contribution < -0.4 is 15.4 Å². The average Bonchev–Trinajstić information content (AvgIpc) is 3.05. The van der Waals surface area contributed by atoms with Gasteiger partial charge in [0.25, 0.3) is 5.91 Å². The molecule has 3 aromatic carbocycles. The molecule has 4 rings (SSSR count). The van der Waals surface area contributed by atoms with Crippen molar-refractivity contribution >= 4 is 66.8 Å². The standard InChI is InChI=1S/C21H15BrN2O3S/c1-26-19-10-15-14-4-2-3-5-17(14)27-18(15)11-16(19)23-21(28)24-20(25)12-6-8-13(22)9-7-12/h2-11H,1H3,(H2,23,24,25,28). The van der Waals surface area contributed by atoms with Gasteiger partial charge in [-0.2, -0.15) is 0 Å². The van der Waals surface area contributed by atoms with Crippen LogP contribution in [0.5, 0.6) is 5.75 Å². The van der Waals surface area contributed by atoms with E-state index in [2.05, 4.69) is 26.6 Å². The summed E-state index contributed by atoms with van der Waals surface area (Å²) in [5, 5.41) is 7.81. The largest absolute Gasteiger partial charge is 0.495 e. The molecule has 28 heavy (non-hydrogen) atoms. The van der Waals surface area contributed by atoms with E-state index in [1.54, 1.807) is 31.4 Å². The molecule has 0 aliphatic carbocycles. The lowest BCUT2D eigenvalue weighted by Crippen LogP contribution is -2.34. The van der Waals surface area contributed by atoms with Crippen molar-refractivity contribution in [1.82, 2.24) is 5.32 Å². The van der Waals surface area contributed by atoms with Crippen LogP contribution in [0.2, 0.25) is 0 Å². The van der Waals surface area contributed by atoms with Crippen molar-refractivity contribution in [3.63, 3.8) is 0 Å². The van der Waals surface area contributed by atoms with Gasteiger partial charge in [0.2, 0.25) is 0 Å². The van der Waals surface area contributed by atoms with Crippen LogP contribution in [0.15, 0.2) is 69.6 Å². The summed E-state index contributed by atoms with van der Waals surface area (Å²) in [5.74, 6) is 0.299. The number of halogens is 1. The third-order valence-electron chi connectivity index (χ3n) is 4.28. The second-order valence-corrected chi connectivity index (χ2v) is 7.39. The first-order valence-corrected chi connectivity index (χ1v) is 9.62. The van der Waals surface area contributed by atoms with Gasteiger partial charge in [-0.1, -0.05) is 34.1 Å². The summed E-state index contributed by atoms with van der Waals surface area (Å²) in [6.45, 7) is 0. The van der Waals surface area contributed by atoms with E-state index in [1.165, 1.54) is 0 Å². The highest BCUT2D eigenvalue weighted by Crippen LogP contribution is 2.36. The van der Waals surface area contributed by atoms with Crippen LogP contribution in [0.3, 0.4) is 0 Å².